The van der Waals surface area contributed by atoms with Crippen molar-refractivity contribution >= 4 is 20.0 Å². The van der Waals surface area contributed by atoms with Gasteiger partial charge in [-0.3, -0.25) is 0 Å². The van der Waals surface area contributed by atoms with Crippen molar-refractivity contribution < 1.29 is 26.3 Å². The lowest BCUT2D eigenvalue weighted by Gasteiger charge is -2.26. The maximum absolute atomic E-state index is 12.5. The largest absolute Gasteiger partial charge is 0.379 e. The lowest BCUT2D eigenvalue weighted by Crippen LogP contribution is -2.40. The van der Waals surface area contributed by atoms with Gasteiger partial charge in [0.05, 0.1) is 29.1 Å². The van der Waals surface area contributed by atoms with Crippen LogP contribution in [0.4, 0.5) is 0 Å². The molecule has 1 N–H and O–H groups in total. The van der Waals surface area contributed by atoms with Gasteiger partial charge in [0.25, 0.3) is 0 Å². The van der Waals surface area contributed by atoms with Crippen LogP contribution in [0.15, 0.2) is 34.1 Å². The molecular formula is C15H22N2O6S2. The van der Waals surface area contributed by atoms with Gasteiger partial charge in [0.1, 0.15) is 0 Å². The summed E-state index contributed by atoms with van der Waals surface area (Å²) < 4.78 is 64.1. The van der Waals surface area contributed by atoms with Gasteiger partial charge in [0, 0.05) is 26.2 Å². The van der Waals surface area contributed by atoms with E-state index in [-0.39, 0.29) is 22.4 Å². The molecule has 0 saturated carbocycles. The highest BCUT2D eigenvalue weighted by molar-refractivity contribution is 7.89. The van der Waals surface area contributed by atoms with Gasteiger partial charge in [-0.2, -0.15) is 4.31 Å². The Morgan fingerprint density at radius 3 is 2.24 bits per heavy atom. The molecular weight excluding hydrogens is 368 g/mol. The molecule has 0 bridgehead atoms. The van der Waals surface area contributed by atoms with Crippen molar-refractivity contribution in [2.75, 3.05) is 39.5 Å². The zero-order valence-corrected chi connectivity index (χ0v) is 15.4. The summed E-state index contributed by atoms with van der Waals surface area (Å²) in [7, 11) is -7.32. The van der Waals surface area contributed by atoms with Crippen LogP contribution in [0.5, 0.6) is 0 Å². The van der Waals surface area contributed by atoms with Gasteiger partial charge in [-0.15, -0.1) is 0 Å². The number of morpholine rings is 1. The molecule has 2 saturated heterocycles. The molecule has 25 heavy (non-hydrogen) atoms. The van der Waals surface area contributed by atoms with Crippen LogP contribution in [0.25, 0.3) is 0 Å². The van der Waals surface area contributed by atoms with Crippen molar-refractivity contribution in [2.45, 2.75) is 28.7 Å². The van der Waals surface area contributed by atoms with Crippen LogP contribution in [0.1, 0.15) is 12.8 Å². The van der Waals surface area contributed by atoms with Crippen LogP contribution in [-0.4, -0.2) is 66.7 Å². The smallest absolute Gasteiger partial charge is 0.243 e. The minimum atomic E-state index is -3.69. The average molecular weight is 390 g/mol. The normalized spacial score (nSPS) is 23.0. The van der Waals surface area contributed by atoms with Crippen LogP contribution in [0.3, 0.4) is 0 Å². The van der Waals surface area contributed by atoms with E-state index in [0.717, 1.165) is 12.8 Å². The highest BCUT2D eigenvalue weighted by Gasteiger charge is 2.27. The summed E-state index contributed by atoms with van der Waals surface area (Å²) in [6, 6.07) is 5.27. The standard InChI is InChI=1S/C15H22N2O6S2/c18-24(19,16-12-13-2-1-9-23-13)14-3-5-15(6-4-14)25(20,21)17-7-10-22-11-8-17/h3-6,13,16H,1-2,7-12H2/t13-/m1/s1. The first-order valence-electron chi connectivity index (χ1n) is 8.19. The number of ether oxygens (including phenoxy) is 2. The minimum absolute atomic E-state index is 0.0337. The SMILES string of the molecule is O=S(=O)(NC[C@H]1CCCO1)c1ccc(S(=O)(=O)N2CCOCC2)cc1. The number of rotatable bonds is 6. The predicted octanol–water partition coefficient (Wildman–Crippen LogP) is 0.165. The molecule has 0 unspecified atom stereocenters. The van der Waals surface area contributed by atoms with Gasteiger partial charge in [-0.1, -0.05) is 0 Å². The van der Waals surface area contributed by atoms with E-state index in [4.69, 9.17) is 9.47 Å². The van der Waals surface area contributed by atoms with E-state index in [9.17, 15) is 16.8 Å². The van der Waals surface area contributed by atoms with Crippen LogP contribution >= 0.6 is 0 Å². The Kier molecular flexibility index (Phi) is 5.76. The summed E-state index contributed by atoms with van der Waals surface area (Å²) >= 11 is 0. The summed E-state index contributed by atoms with van der Waals surface area (Å²) in [6.07, 6.45) is 1.66. The van der Waals surface area contributed by atoms with E-state index in [1.165, 1.54) is 28.6 Å². The highest BCUT2D eigenvalue weighted by Crippen LogP contribution is 2.20. The molecule has 0 amide bonds. The zero-order chi connectivity index (χ0) is 17.9. The first kappa shape index (κ1) is 18.7. The molecule has 0 spiro atoms. The molecule has 0 aromatic heterocycles. The number of sulfonamides is 2. The summed E-state index contributed by atoms with van der Waals surface area (Å²) in [5, 5.41) is 0. The third-order valence-electron chi connectivity index (χ3n) is 4.27. The van der Waals surface area contributed by atoms with Crippen LogP contribution in [0, 0.1) is 0 Å². The average Bonchev–Trinajstić information content (AvgIpc) is 3.15. The quantitative estimate of drug-likeness (QED) is 0.743. The zero-order valence-electron chi connectivity index (χ0n) is 13.8. The Labute approximate surface area is 148 Å². The fourth-order valence-electron chi connectivity index (χ4n) is 2.82. The van der Waals surface area contributed by atoms with Crippen molar-refractivity contribution in [3.63, 3.8) is 0 Å². The number of hydrogen-bond acceptors (Lipinski definition) is 6. The van der Waals surface area contributed by atoms with Crippen LogP contribution < -0.4 is 4.72 Å². The molecule has 140 valence electrons. The third kappa shape index (κ3) is 4.39. The lowest BCUT2D eigenvalue weighted by molar-refractivity contribution is 0.0730. The van der Waals surface area contributed by atoms with Crippen LogP contribution in [0.2, 0.25) is 0 Å². The first-order chi connectivity index (χ1) is 11.9. The first-order valence-corrected chi connectivity index (χ1v) is 11.1. The van der Waals surface area contributed by atoms with Crippen LogP contribution in [-0.2, 0) is 29.5 Å². The highest BCUT2D eigenvalue weighted by atomic mass is 32.2. The number of nitrogens with one attached hydrogen (secondary N) is 1. The van der Waals surface area contributed by atoms with Gasteiger partial charge in [0.15, 0.2) is 0 Å². The van der Waals surface area contributed by atoms with Gasteiger partial charge in [0.2, 0.25) is 20.0 Å². The monoisotopic (exact) mass is 390 g/mol. The summed E-state index contributed by atoms with van der Waals surface area (Å²) in [6.45, 7) is 2.19. The van der Waals surface area contributed by atoms with Crippen molar-refractivity contribution in [3.8, 4) is 0 Å². The van der Waals surface area contributed by atoms with Crippen molar-refractivity contribution in [3.05, 3.63) is 24.3 Å². The minimum Gasteiger partial charge on any atom is -0.379 e. The Morgan fingerprint density at radius 1 is 1.00 bits per heavy atom. The molecule has 10 heteroatoms. The number of hydrogen-bond donors (Lipinski definition) is 1. The molecule has 3 rings (SSSR count). The Hall–Kier alpha value is -1.04. The van der Waals surface area contributed by atoms with E-state index in [1.807, 2.05) is 0 Å². The van der Waals surface area contributed by atoms with Crippen molar-refractivity contribution in [2.24, 2.45) is 0 Å². The molecule has 1 aromatic rings. The number of nitrogens with zero attached hydrogens (tertiary/aromatic N) is 1. The molecule has 2 aliphatic heterocycles. The summed E-state index contributed by atoms with van der Waals surface area (Å²) in [4.78, 5) is 0.110. The maximum Gasteiger partial charge on any atom is 0.243 e. The molecule has 2 aliphatic rings. The second-order valence-electron chi connectivity index (χ2n) is 5.97. The second-order valence-corrected chi connectivity index (χ2v) is 9.68. The van der Waals surface area contributed by atoms with E-state index in [2.05, 4.69) is 4.72 Å². The molecule has 2 fully saturated rings. The Morgan fingerprint density at radius 2 is 1.64 bits per heavy atom. The Bertz CT molecular complexity index is 780. The molecule has 2 heterocycles. The van der Waals surface area contributed by atoms with Gasteiger partial charge in [-0.05, 0) is 37.1 Å². The molecule has 1 aromatic carbocycles. The van der Waals surface area contributed by atoms with E-state index >= 15 is 0 Å². The van der Waals surface area contributed by atoms with Gasteiger partial charge < -0.3 is 9.47 Å². The van der Waals surface area contributed by atoms with E-state index < -0.39 is 20.0 Å². The van der Waals surface area contributed by atoms with Crippen molar-refractivity contribution in [1.82, 2.24) is 9.03 Å². The maximum atomic E-state index is 12.5. The predicted molar refractivity (Wildman–Crippen MR) is 90.2 cm³/mol. The van der Waals surface area contributed by atoms with Gasteiger partial charge in [-0.25, -0.2) is 21.6 Å². The van der Waals surface area contributed by atoms with E-state index in [0.29, 0.717) is 32.9 Å². The fraction of sp³-hybridized carbons (Fsp3) is 0.600. The second kappa shape index (κ2) is 7.68. The fourth-order valence-corrected chi connectivity index (χ4v) is 5.29. The van der Waals surface area contributed by atoms with Gasteiger partial charge >= 0.3 is 0 Å². The number of benzene rings is 1. The Balaban J connectivity index is 1.70. The van der Waals surface area contributed by atoms with E-state index in [1.54, 1.807) is 0 Å². The third-order valence-corrected chi connectivity index (χ3v) is 7.62. The molecule has 0 radical (unpaired) electrons. The molecule has 8 nitrogen and oxygen atoms in total. The topological polar surface area (TPSA) is 102 Å². The molecule has 0 aliphatic carbocycles. The summed E-state index contributed by atoms with van der Waals surface area (Å²) in [5.41, 5.74) is 0. The lowest BCUT2D eigenvalue weighted by atomic mass is 10.2. The summed E-state index contributed by atoms with van der Waals surface area (Å²) in [5.74, 6) is 0. The molecule has 1 atom stereocenters. The van der Waals surface area contributed by atoms with Crippen molar-refractivity contribution in [1.29, 1.82) is 0 Å².